The molecule has 23 heavy (non-hydrogen) atoms. The van der Waals surface area contributed by atoms with Crippen molar-refractivity contribution in [1.29, 1.82) is 0 Å². The van der Waals surface area contributed by atoms with E-state index in [-0.39, 0.29) is 6.10 Å². The van der Waals surface area contributed by atoms with E-state index in [1.54, 1.807) is 0 Å². The van der Waals surface area contributed by atoms with Gasteiger partial charge in [-0.1, -0.05) is 36.4 Å². The van der Waals surface area contributed by atoms with Crippen LogP contribution >= 0.6 is 0 Å². The number of rotatable bonds is 6. The zero-order chi connectivity index (χ0) is 15.9. The normalized spacial score (nSPS) is 23.3. The van der Waals surface area contributed by atoms with Crippen LogP contribution in [0.2, 0.25) is 0 Å². The van der Waals surface area contributed by atoms with Crippen molar-refractivity contribution in [2.45, 2.75) is 51.3 Å². The van der Waals surface area contributed by atoms with Crippen molar-refractivity contribution in [2.75, 3.05) is 19.6 Å². The summed E-state index contributed by atoms with van der Waals surface area (Å²) < 4.78 is 0. The van der Waals surface area contributed by atoms with Crippen LogP contribution in [0.15, 0.2) is 36.4 Å². The van der Waals surface area contributed by atoms with Gasteiger partial charge in [0.15, 0.2) is 0 Å². The lowest BCUT2D eigenvalue weighted by Crippen LogP contribution is -2.35. The summed E-state index contributed by atoms with van der Waals surface area (Å²) in [6.45, 7) is 5.13. The number of nitrogens with one attached hydrogen (secondary N) is 1. The second kappa shape index (κ2) is 8.62. The molecule has 3 heteroatoms. The van der Waals surface area contributed by atoms with Gasteiger partial charge >= 0.3 is 0 Å². The second-order valence-electron chi connectivity index (χ2n) is 7.11. The fraction of sp³-hybridized carbons (Fsp3) is 0.600. The van der Waals surface area contributed by atoms with Crippen molar-refractivity contribution in [3.63, 3.8) is 0 Å². The van der Waals surface area contributed by atoms with Crippen LogP contribution in [0.1, 0.15) is 43.2 Å². The maximum atomic E-state index is 9.57. The number of piperidine rings is 1. The maximum absolute atomic E-state index is 9.57. The van der Waals surface area contributed by atoms with Crippen molar-refractivity contribution >= 4 is 0 Å². The molecule has 0 unspecified atom stereocenters. The molecular formula is C20H30N2O. The Hall–Kier alpha value is -1.16. The Bertz CT molecular complexity index is 489. The minimum atomic E-state index is -0.0839. The standard InChI is InChI=1S/C20H30N2O/c23-20-10-12-22(13-11-20)16-19-8-6-18(7-9-19)15-21-14-17-4-2-1-3-5-17/h1-2,6-9,17,20-21,23H,3-5,10-16H2/t17-/m1/s1. The molecule has 1 atom stereocenters. The van der Waals surface area contributed by atoms with E-state index < -0.39 is 0 Å². The van der Waals surface area contributed by atoms with Crippen LogP contribution in [-0.2, 0) is 13.1 Å². The fourth-order valence-corrected chi connectivity index (χ4v) is 3.56. The number of hydrogen-bond acceptors (Lipinski definition) is 3. The van der Waals surface area contributed by atoms with E-state index in [1.807, 2.05) is 0 Å². The summed E-state index contributed by atoms with van der Waals surface area (Å²) in [5, 5.41) is 13.2. The van der Waals surface area contributed by atoms with Gasteiger partial charge in [0, 0.05) is 26.2 Å². The highest BCUT2D eigenvalue weighted by molar-refractivity contribution is 5.22. The minimum absolute atomic E-state index is 0.0839. The maximum Gasteiger partial charge on any atom is 0.0564 e. The van der Waals surface area contributed by atoms with Gasteiger partial charge in [-0.3, -0.25) is 4.90 Å². The molecule has 1 aliphatic heterocycles. The molecule has 126 valence electrons. The van der Waals surface area contributed by atoms with Crippen molar-refractivity contribution in [3.05, 3.63) is 47.5 Å². The van der Waals surface area contributed by atoms with Gasteiger partial charge in [0.2, 0.25) is 0 Å². The molecule has 2 aliphatic rings. The average Bonchev–Trinajstić information content (AvgIpc) is 2.59. The smallest absolute Gasteiger partial charge is 0.0564 e. The van der Waals surface area contributed by atoms with E-state index in [2.05, 4.69) is 46.6 Å². The Morgan fingerprint density at radius 2 is 1.74 bits per heavy atom. The van der Waals surface area contributed by atoms with Crippen LogP contribution in [0, 0.1) is 5.92 Å². The molecule has 0 saturated carbocycles. The molecule has 1 heterocycles. The van der Waals surface area contributed by atoms with E-state index in [1.165, 1.54) is 30.4 Å². The number of nitrogens with zero attached hydrogens (tertiary/aromatic N) is 1. The van der Waals surface area contributed by atoms with Gasteiger partial charge in [-0.25, -0.2) is 0 Å². The monoisotopic (exact) mass is 314 g/mol. The van der Waals surface area contributed by atoms with Crippen LogP contribution in [0.4, 0.5) is 0 Å². The van der Waals surface area contributed by atoms with Gasteiger partial charge in [0.05, 0.1) is 6.10 Å². The van der Waals surface area contributed by atoms with Crippen LogP contribution in [0.5, 0.6) is 0 Å². The lowest BCUT2D eigenvalue weighted by molar-refractivity contribution is 0.0792. The van der Waals surface area contributed by atoms with Crippen molar-refractivity contribution in [3.8, 4) is 0 Å². The molecule has 0 radical (unpaired) electrons. The first-order valence-corrected chi connectivity index (χ1v) is 9.13. The Balaban J connectivity index is 1.39. The minimum Gasteiger partial charge on any atom is -0.393 e. The molecule has 0 amide bonds. The third kappa shape index (κ3) is 5.45. The molecule has 1 aromatic rings. The largest absolute Gasteiger partial charge is 0.393 e. The zero-order valence-corrected chi connectivity index (χ0v) is 14.1. The van der Waals surface area contributed by atoms with Crippen molar-refractivity contribution in [1.82, 2.24) is 10.2 Å². The molecule has 2 N–H and O–H groups in total. The predicted octanol–water partition coefficient (Wildman–Crippen LogP) is 3.09. The molecule has 3 nitrogen and oxygen atoms in total. The van der Waals surface area contributed by atoms with E-state index in [4.69, 9.17) is 0 Å². The summed E-state index contributed by atoms with van der Waals surface area (Å²) in [7, 11) is 0. The lowest BCUT2D eigenvalue weighted by Gasteiger charge is -2.29. The molecule has 1 saturated heterocycles. The number of aliphatic hydroxyl groups is 1. The van der Waals surface area contributed by atoms with Crippen LogP contribution in [-0.4, -0.2) is 35.7 Å². The van der Waals surface area contributed by atoms with Gasteiger partial charge in [-0.15, -0.1) is 0 Å². The number of allylic oxidation sites excluding steroid dienone is 2. The lowest BCUT2D eigenvalue weighted by atomic mass is 9.94. The zero-order valence-electron chi connectivity index (χ0n) is 14.1. The number of likely N-dealkylation sites (tertiary alicyclic amines) is 1. The van der Waals surface area contributed by atoms with E-state index in [0.29, 0.717) is 0 Å². The van der Waals surface area contributed by atoms with Crippen LogP contribution < -0.4 is 5.32 Å². The molecular weight excluding hydrogens is 284 g/mol. The first-order chi connectivity index (χ1) is 11.3. The first kappa shape index (κ1) is 16.7. The highest BCUT2D eigenvalue weighted by Crippen LogP contribution is 2.17. The van der Waals surface area contributed by atoms with Crippen LogP contribution in [0.25, 0.3) is 0 Å². The van der Waals surface area contributed by atoms with Gasteiger partial charge in [0.25, 0.3) is 0 Å². The first-order valence-electron chi connectivity index (χ1n) is 9.13. The van der Waals surface area contributed by atoms with Gasteiger partial charge in [-0.2, -0.15) is 0 Å². The summed E-state index contributed by atoms with van der Waals surface area (Å²) in [4.78, 5) is 2.44. The highest BCUT2D eigenvalue weighted by atomic mass is 16.3. The average molecular weight is 314 g/mol. The number of benzene rings is 1. The quantitative estimate of drug-likeness (QED) is 0.792. The summed E-state index contributed by atoms with van der Waals surface area (Å²) in [6, 6.07) is 9.01. The third-order valence-electron chi connectivity index (χ3n) is 5.13. The van der Waals surface area contributed by atoms with Crippen LogP contribution in [0.3, 0.4) is 0 Å². The Labute approximate surface area is 140 Å². The Morgan fingerprint density at radius 3 is 2.43 bits per heavy atom. The summed E-state index contributed by atoms with van der Waals surface area (Å²) in [5.41, 5.74) is 2.75. The van der Waals surface area contributed by atoms with Gasteiger partial charge < -0.3 is 10.4 Å². The molecule has 1 aromatic carbocycles. The predicted molar refractivity (Wildman–Crippen MR) is 95.1 cm³/mol. The van der Waals surface area contributed by atoms with E-state index in [0.717, 1.165) is 51.5 Å². The molecule has 0 aromatic heterocycles. The number of aliphatic hydroxyl groups excluding tert-OH is 1. The van der Waals surface area contributed by atoms with E-state index >= 15 is 0 Å². The Kier molecular flexibility index (Phi) is 6.26. The second-order valence-corrected chi connectivity index (χ2v) is 7.11. The number of hydrogen-bond donors (Lipinski definition) is 2. The molecule has 1 aliphatic carbocycles. The third-order valence-corrected chi connectivity index (χ3v) is 5.13. The summed E-state index contributed by atoms with van der Waals surface area (Å²) in [5.74, 6) is 0.814. The van der Waals surface area contributed by atoms with Gasteiger partial charge in [0.1, 0.15) is 0 Å². The summed E-state index contributed by atoms with van der Waals surface area (Å²) in [6.07, 6.45) is 10.2. The fourth-order valence-electron chi connectivity index (χ4n) is 3.56. The van der Waals surface area contributed by atoms with E-state index in [9.17, 15) is 5.11 Å². The van der Waals surface area contributed by atoms with Gasteiger partial charge in [-0.05, 0) is 55.7 Å². The molecule has 0 spiro atoms. The SMILES string of the molecule is OC1CCN(Cc2ccc(CNC[C@@H]3CC=CCC3)cc2)CC1. The molecule has 3 rings (SSSR count). The Morgan fingerprint density at radius 1 is 1.00 bits per heavy atom. The topological polar surface area (TPSA) is 35.5 Å². The van der Waals surface area contributed by atoms with Crippen molar-refractivity contribution in [2.24, 2.45) is 5.92 Å². The molecule has 1 fully saturated rings. The molecule has 0 bridgehead atoms. The van der Waals surface area contributed by atoms with Crippen molar-refractivity contribution < 1.29 is 5.11 Å². The highest BCUT2D eigenvalue weighted by Gasteiger charge is 2.16. The summed E-state index contributed by atoms with van der Waals surface area (Å²) >= 11 is 0.